The van der Waals surface area contributed by atoms with Crippen molar-refractivity contribution in [1.82, 2.24) is 0 Å². The van der Waals surface area contributed by atoms with Gasteiger partial charge in [-0.25, -0.2) is 18.6 Å². The van der Waals surface area contributed by atoms with Gasteiger partial charge in [0.1, 0.15) is 17.3 Å². The predicted molar refractivity (Wildman–Crippen MR) is 117 cm³/mol. The van der Waals surface area contributed by atoms with Crippen LogP contribution >= 0.6 is 11.8 Å². The molecule has 0 radical (unpaired) electrons. The van der Waals surface area contributed by atoms with Gasteiger partial charge in [-0.05, 0) is 55.5 Å². The van der Waals surface area contributed by atoms with Crippen LogP contribution in [0, 0.1) is 12.3 Å². The molecule has 1 aliphatic heterocycles. The Hall–Kier alpha value is -3.18. The van der Waals surface area contributed by atoms with Gasteiger partial charge < -0.3 is 18.3 Å². The molecule has 2 N–H and O–H groups in total. The van der Waals surface area contributed by atoms with E-state index in [9.17, 15) is 13.2 Å². The Balaban J connectivity index is 1.30. The van der Waals surface area contributed by atoms with Crippen molar-refractivity contribution in [2.75, 3.05) is 16.8 Å². The fourth-order valence-electron chi connectivity index (χ4n) is 2.78. The van der Waals surface area contributed by atoms with Gasteiger partial charge in [-0.3, -0.25) is 5.32 Å². The van der Waals surface area contributed by atoms with Crippen molar-refractivity contribution in [3.8, 4) is 11.5 Å². The molecule has 11 heteroatoms. The molecule has 1 aromatic heterocycles. The van der Waals surface area contributed by atoms with Crippen molar-refractivity contribution in [3.63, 3.8) is 0 Å². The van der Waals surface area contributed by atoms with Gasteiger partial charge in [0.25, 0.3) is 0 Å². The highest BCUT2D eigenvalue weighted by Crippen LogP contribution is 2.33. The summed E-state index contributed by atoms with van der Waals surface area (Å²) in [5.74, 6) is 2.36. The summed E-state index contributed by atoms with van der Waals surface area (Å²) in [7, 11) is -3.28. The maximum atomic E-state index is 12.3. The zero-order chi connectivity index (χ0) is 22.7. The van der Waals surface area contributed by atoms with Gasteiger partial charge in [0, 0.05) is 16.7 Å². The topological polar surface area (TPSA) is 132 Å². The van der Waals surface area contributed by atoms with Crippen LogP contribution in [0.25, 0.3) is 0 Å². The smallest absolute Gasteiger partial charge is 0.412 e. The Morgan fingerprint density at radius 3 is 2.31 bits per heavy atom. The van der Waals surface area contributed by atoms with E-state index in [4.69, 9.17) is 23.7 Å². The zero-order valence-corrected chi connectivity index (χ0v) is 18.6. The van der Waals surface area contributed by atoms with E-state index in [0.717, 1.165) is 5.75 Å². The Morgan fingerprint density at radius 1 is 1.12 bits per heavy atom. The first kappa shape index (κ1) is 22.0. The minimum atomic E-state index is -3.28. The summed E-state index contributed by atoms with van der Waals surface area (Å²) in [6, 6.07) is 12.9. The molecule has 2 aromatic carbocycles. The van der Waals surface area contributed by atoms with Crippen LogP contribution in [-0.4, -0.2) is 31.3 Å². The number of amides is 1. The van der Waals surface area contributed by atoms with Gasteiger partial charge in [-0.2, -0.15) is 11.8 Å². The van der Waals surface area contributed by atoms with E-state index in [1.54, 1.807) is 67.2 Å². The standard InChI is InChI=1S/C21H20N2O7S2/c1-13-19(30-20(22)28-13)10-27-21(24)23-14-2-4-15(5-3-14)29-16-6-8-18(9-7-16)32(25,26)12-17-11-31-17/h2-9,17,22H,10-12H2,1H3,(H,23,24). The maximum Gasteiger partial charge on any atom is 0.412 e. The summed E-state index contributed by atoms with van der Waals surface area (Å²) in [6.45, 7) is 1.45. The first-order valence-electron chi connectivity index (χ1n) is 9.58. The molecule has 0 saturated carbocycles. The van der Waals surface area contributed by atoms with Gasteiger partial charge in [-0.1, -0.05) is 0 Å². The molecule has 168 valence electrons. The highest BCUT2D eigenvalue weighted by molar-refractivity contribution is 8.08. The number of sulfone groups is 1. The lowest BCUT2D eigenvalue weighted by atomic mass is 10.3. The van der Waals surface area contributed by atoms with Crippen LogP contribution in [0.4, 0.5) is 10.5 Å². The van der Waals surface area contributed by atoms with E-state index in [2.05, 4.69) is 5.32 Å². The van der Waals surface area contributed by atoms with Crippen LogP contribution in [0.2, 0.25) is 0 Å². The lowest BCUT2D eigenvalue weighted by molar-refractivity contribution is 0.144. The predicted octanol–water partition coefficient (Wildman–Crippen LogP) is 4.09. The monoisotopic (exact) mass is 476 g/mol. The molecule has 9 nitrogen and oxygen atoms in total. The van der Waals surface area contributed by atoms with E-state index in [-0.39, 0.29) is 34.0 Å². The number of carbonyl (C=O) groups is 1. The summed E-state index contributed by atoms with van der Waals surface area (Å²) < 4.78 is 45.3. The first-order valence-corrected chi connectivity index (χ1v) is 12.3. The van der Waals surface area contributed by atoms with Crippen LogP contribution in [-0.2, 0) is 21.2 Å². The minimum Gasteiger partial charge on any atom is -0.457 e. The number of nitrogens with one attached hydrogen (secondary N) is 2. The molecule has 1 aliphatic rings. The number of benzene rings is 2. The third-order valence-corrected chi connectivity index (χ3v) is 7.53. The number of aryl methyl sites for hydroxylation is 1. The molecule has 0 aliphatic carbocycles. The highest BCUT2D eigenvalue weighted by atomic mass is 32.2. The van der Waals surface area contributed by atoms with Gasteiger partial charge in [-0.15, -0.1) is 0 Å². The molecule has 3 aromatic rings. The third-order valence-electron chi connectivity index (χ3n) is 4.52. The van der Waals surface area contributed by atoms with Crippen LogP contribution in [0.15, 0.2) is 62.3 Å². The Bertz CT molecular complexity index is 1260. The second-order valence-electron chi connectivity index (χ2n) is 7.01. The fourth-order valence-corrected chi connectivity index (χ4v) is 5.46. The Morgan fingerprint density at radius 2 is 1.75 bits per heavy atom. The van der Waals surface area contributed by atoms with E-state index >= 15 is 0 Å². The van der Waals surface area contributed by atoms with Crippen LogP contribution in [0.3, 0.4) is 0 Å². The Labute approximate surface area is 188 Å². The minimum absolute atomic E-state index is 0.160. The van der Waals surface area contributed by atoms with Gasteiger partial charge >= 0.3 is 11.8 Å². The second kappa shape index (κ2) is 9.13. The van der Waals surface area contributed by atoms with Crippen molar-refractivity contribution in [3.05, 3.63) is 65.8 Å². The summed E-state index contributed by atoms with van der Waals surface area (Å²) in [5.41, 5.74) is 0.490. The number of anilines is 1. The summed E-state index contributed by atoms with van der Waals surface area (Å²) in [6.07, 6.45) is -0.692. The number of hydrogen-bond acceptors (Lipinski definition) is 9. The third kappa shape index (κ3) is 5.74. The quantitative estimate of drug-likeness (QED) is 0.465. The van der Waals surface area contributed by atoms with Gasteiger partial charge in [0.05, 0.1) is 10.6 Å². The van der Waals surface area contributed by atoms with Crippen LogP contribution in [0.1, 0.15) is 11.5 Å². The average molecular weight is 477 g/mol. The Kier molecular flexibility index (Phi) is 6.28. The number of carbonyl (C=O) groups excluding carboxylic acids is 1. The average Bonchev–Trinajstić information content (AvgIpc) is 3.49. The number of rotatable bonds is 8. The van der Waals surface area contributed by atoms with Gasteiger partial charge in [0.2, 0.25) is 0 Å². The maximum absolute atomic E-state index is 12.3. The molecule has 4 rings (SSSR count). The summed E-state index contributed by atoms with van der Waals surface area (Å²) in [4.78, 5) is 12.2. The van der Waals surface area contributed by atoms with E-state index < -0.39 is 15.9 Å². The van der Waals surface area contributed by atoms with E-state index in [1.165, 1.54) is 0 Å². The molecule has 1 fully saturated rings. The summed E-state index contributed by atoms with van der Waals surface area (Å²) >= 11 is 1.65. The lowest BCUT2D eigenvalue weighted by Crippen LogP contribution is -2.13. The molecular formula is C21H20N2O7S2. The van der Waals surface area contributed by atoms with Crippen molar-refractivity contribution in [1.29, 1.82) is 5.41 Å². The molecule has 1 saturated heterocycles. The molecular weight excluding hydrogens is 456 g/mol. The largest absolute Gasteiger partial charge is 0.457 e. The summed E-state index contributed by atoms with van der Waals surface area (Å²) in [5, 5.41) is 10.0. The molecule has 1 atom stereocenters. The van der Waals surface area contributed by atoms with Crippen LogP contribution < -0.4 is 15.8 Å². The number of thioether (sulfide) groups is 1. The molecule has 1 amide bonds. The fraction of sp³-hybridized carbons (Fsp3) is 0.238. The normalized spacial score (nSPS) is 15.2. The molecule has 1 unspecified atom stereocenters. The van der Waals surface area contributed by atoms with Crippen molar-refractivity contribution in [2.45, 2.75) is 23.7 Å². The SMILES string of the molecule is Cc1oc(=N)oc1COC(=O)Nc1ccc(Oc2ccc(S(=O)(=O)CC3CS3)cc2)cc1. The molecule has 2 heterocycles. The molecule has 0 spiro atoms. The van der Waals surface area contributed by atoms with Crippen molar-refractivity contribution >= 4 is 33.4 Å². The highest BCUT2D eigenvalue weighted by Gasteiger charge is 2.29. The molecule has 0 bridgehead atoms. The molecule has 32 heavy (non-hydrogen) atoms. The number of ether oxygens (including phenoxy) is 2. The van der Waals surface area contributed by atoms with E-state index in [1.807, 2.05) is 0 Å². The van der Waals surface area contributed by atoms with E-state index in [0.29, 0.717) is 22.9 Å². The first-order chi connectivity index (χ1) is 15.3. The lowest BCUT2D eigenvalue weighted by Gasteiger charge is -2.09. The zero-order valence-electron chi connectivity index (χ0n) is 17.0. The second-order valence-corrected chi connectivity index (χ2v) is 10.4. The van der Waals surface area contributed by atoms with Crippen molar-refractivity contribution in [2.24, 2.45) is 0 Å². The van der Waals surface area contributed by atoms with Gasteiger partial charge in [0.15, 0.2) is 22.2 Å². The van der Waals surface area contributed by atoms with Crippen LogP contribution in [0.5, 0.6) is 11.5 Å². The van der Waals surface area contributed by atoms with Crippen molar-refractivity contribution < 1.29 is 31.5 Å². The number of hydrogen-bond donors (Lipinski definition) is 2.